The Hall–Kier alpha value is -0.920. The van der Waals surface area contributed by atoms with Crippen molar-refractivity contribution in [2.75, 3.05) is 0 Å². The van der Waals surface area contributed by atoms with Gasteiger partial charge in [0.1, 0.15) is 0 Å². The van der Waals surface area contributed by atoms with E-state index in [1.54, 1.807) is 11.1 Å². The topological polar surface area (TPSA) is 0 Å². The number of halogens is 2. The Balaban J connectivity index is 0.00000228. The number of hydrogen-bond acceptors (Lipinski definition) is 0. The summed E-state index contributed by atoms with van der Waals surface area (Å²) in [6.07, 6.45) is 7.39. The van der Waals surface area contributed by atoms with Gasteiger partial charge in [0.25, 0.3) is 0 Å². The quantitative estimate of drug-likeness (QED) is 0.439. The summed E-state index contributed by atoms with van der Waals surface area (Å²) in [5, 5.41) is 0. The van der Waals surface area contributed by atoms with E-state index in [9.17, 15) is 0 Å². The number of aryl methyl sites for hydroxylation is 2. The zero-order chi connectivity index (χ0) is 24.6. The second-order valence-electron chi connectivity index (χ2n) is 10.2. The monoisotopic (exact) mass is 612 g/mol. The standard InChI is InChI=1S/2C15H17.C2H6Si.2ClH.Zr/c2*1-4-13-7-5-6-8-14(13)15-10-11(2)9-12(15)3;1-3-2;;;/h2*5-8,10-11H,4H2,1-3H3;1-2H3;2*1H;/q;;;;;+2/p-2. The van der Waals surface area contributed by atoms with Crippen LogP contribution in [0.3, 0.4) is 0 Å². The molecule has 36 heavy (non-hydrogen) atoms. The van der Waals surface area contributed by atoms with E-state index < -0.39 is 25.8 Å². The van der Waals surface area contributed by atoms with Crippen molar-refractivity contribution in [3.8, 4) is 0 Å². The molecule has 0 amide bonds. The van der Waals surface area contributed by atoms with Crippen LogP contribution in [0.25, 0.3) is 11.1 Å². The van der Waals surface area contributed by atoms with Gasteiger partial charge in [-0.3, -0.25) is 0 Å². The van der Waals surface area contributed by atoms with Crippen LogP contribution in [0.2, 0.25) is 13.1 Å². The van der Waals surface area contributed by atoms with Crippen LogP contribution >= 0.6 is 0 Å². The molecule has 2 aromatic carbocycles. The zero-order valence-electron chi connectivity index (χ0n) is 23.1. The van der Waals surface area contributed by atoms with Crippen LogP contribution in [0.4, 0.5) is 0 Å². The first kappa shape index (κ1) is 31.3. The van der Waals surface area contributed by atoms with Crippen molar-refractivity contribution in [3.05, 3.63) is 101 Å². The Kier molecular flexibility index (Phi) is 11.5. The van der Waals surface area contributed by atoms with Crippen LogP contribution in [-0.2, 0) is 33.2 Å². The van der Waals surface area contributed by atoms with Gasteiger partial charge in [-0.2, -0.15) is 0 Å². The largest absolute Gasteiger partial charge is 1.00 e. The van der Waals surface area contributed by atoms with E-state index in [2.05, 4.69) is 115 Å². The SMILES string of the molecule is CCc1ccccc1C1=CC(C)[C]([Zr+2]([C]2=C(C)C(c3ccccc3CC)=CC2C)=[Si](C)C)=C1C.[Cl-].[Cl-]. The van der Waals surface area contributed by atoms with Gasteiger partial charge in [0, 0.05) is 0 Å². The molecular formula is C32H40Cl2SiZr. The smallest absolute Gasteiger partial charge is 1.00 e. The third-order valence-corrected chi connectivity index (χ3v) is 26.1. The van der Waals surface area contributed by atoms with Crippen molar-refractivity contribution in [1.29, 1.82) is 0 Å². The van der Waals surface area contributed by atoms with Crippen molar-refractivity contribution < 1.29 is 45.2 Å². The Morgan fingerprint density at radius 3 is 1.36 bits per heavy atom. The molecule has 0 heterocycles. The van der Waals surface area contributed by atoms with E-state index in [0.717, 1.165) is 12.8 Å². The molecule has 0 saturated carbocycles. The van der Waals surface area contributed by atoms with Crippen molar-refractivity contribution >= 4 is 16.6 Å². The summed E-state index contributed by atoms with van der Waals surface area (Å²) in [5.74, 6) is 1.15. The van der Waals surface area contributed by atoms with Crippen molar-refractivity contribution in [2.24, 2.45) is 11.8 Å². The molecule has 2 aromatic rings. The molecular weight excluding hydrogens is 575 g/mol. The maximum atomic E-state index is 2.61. The van der Waals surface area contributed by atoms with Gasteiger partial charge in [0.2, 0.25) is 0 Å². The average Bonchev–Trinajstić information content (AvgIpc) is 3.29. The van der Waals surface area contributed by atoms with Gasteiger partial charge in [-0.15, -0.1) is 0 Å². The summed E-state index contributed by atoms with van der Waals surface area (Å²) in [7, 11) is 0. The van der Waals surface area contributed by atoms with Crippen LogP contribution in [0.5, 0.6) is 0 Å². The van der Waals surface area contributed by atoms with Crippen LogP contribution in [0, 0.1) is 11.8 Å². The summed E-state index contributed by atoms with van der Waals surface area (Å²) >= 11 is -2.02. The van der Waals surface area contributed by atoms with Crippen molar-refractivity contribution in [3.63, 3.8) is 0 Å². The Morgan fingerprint density at radius 1 is 0.667 bits per heavy atom. The Morgan fingerprint density at radius 2 is 1.03 bits per heavy atom. The predicted octanol–water partition coefficient (Wildman–Crippen LogP) is 3.00. The maximum Gasteiger partial charge on any atom is -1.00 e. The number of hydrogen-bond donors (Lipinski definition) is 0. The molecule has 4 rings (SSSR count). The summed E-state index contributed by atoms with van der Waals surface area (Å²) in [5.41, 5.74) is 11.8. The normalized spacial score (nSPS) is 18.8. The minimum Gasteiger partial charge on any atom is -1.00 e. The van der Waals surface area contributed by atoms with E-state index in [-0.39, 0.29) is 24.8 Å². The van der Waals surface area contributed by atoms with Crippen LogP contribution in [0.1, 0.15) is 63.8 Å². The first-order chi connectivity index (χ1) is 16.3. The molecule has 0 aliphatic heterocycles. The number of allylic oxidation sites excluding steroid dienone is 8. The van der Waals surface area contributed by atoms with Gasteiger partial charge >= 0.3 is 217 Å². The molecule has 4 heteroatoms. The summed E-state index contributed by atoms with van der Waals surface area (Å²) < 4.78 is 3.75. The van der Waals surface area contributed by atoms with E-state index in [1.807, 2.05) is 6.56 Å². The molecule has 2 aliphatic rings. The molecule has 0 spiro atoms. The second kappa shape index (κ2) is 13.2. The first-order valence-corrected chi connectivity index (χ1v) is 21.6. The van der Waals surface area contributed by atoms with Crippen LogP contribution < -0.4 is 24.8 Å². The minimum absolute atomic E-state index is 0. The van der Waals surface area contributed by atoms with Crippen molar-refractivity contribution in [1.82, 2.24) is 0 Å². The van der Waals surface area contributed by atoms with Crippen LogP contribution in [-0.4, -0.2) is 5.43 Å². The molecule has 0 bridgehead atoms. The Labute approximate surface area is 240 Å². The second-order valence-corrected chi connectivity index (χ2v) is 27.0. The van der Waals surface area contributed by atoms with E-state index in [1.165, 1.54) is 33.4 Å². The maximum absolute atomic E-state index is 2.61. The fourth-order valence-corrected chi connectivity index (χ4v) is 26.0. The van der Waals surface area contributed by atoms with E-state index >= 15 is 0 Å². The molecule has 0 radical (unpaired) electrons. The van der Waals surface area contributed by atoms with Gasteiger partial charge in [-0.25, -0.2) is 0 Å². The Bertz CT molecular complexity index is 1200. The minimum atomic E-state index is -2.02. The zero-order valence-corrected chi connectivity index (χ0v) is 28.1. The van der Waals surface area contributed by atoms with Crippen LogP contribution in [0.15, 0.2) is 78.4 Å². The van der Waals surface area contributed by atoms with Gasteiger partial charge in [-0.1, -0.05) is 0 Å². The summed E-state index contributed by atoms with van der Waals surface area (Å²) in [4.78, 5) is 0. The molecule has 2 atom stereocenters. The number of rotatable bonds is 6. The molecule has 2 unspecified atom stereocenters. The molecule has 0 saturated heterocycles. The van der Waals surface area contributed by atoms with Gasteiger partial charge in [-0.05, 0) is 0 Å². The third kappa shape index (κ3) is 5.73. The van der Waals surface area contributed by atoms with E-state index in [4.69, 9.17) is 0 Å². The first-order valence-electron chi connectivity index (χ1n) is 13.0. The fourth-order valence-electron chi connectivity index (χ4n) is 6.17. The average molecular weight is 615 g/mol. The molecule has 2 aliphatic carbocycles. The molecule has 0 nitrogen and oxygen atoms in total. The molecule has 0 fully saturated rings. The molecule has 190 valence electrons. The molecule has 0 aromatic heterocycles. The number of benzene rings is 2. The summed E-state index contributed by atoms with van der Waals surface area (Å²) in [6, 6.07) is 18.1. The van der Waals surface area contributed by atoms with Gasteiger partial charge < -0.3 is 24.8 Å². The predicted molar refractivity (Wildman–Crippen MR) is 149 cm³/mol. The van der Waals surface area contributed by atoms with Gasteiger partial charge in [0.05, 0.1) is 0 Å². The summed E-state index contributed by atoms with van der Waals surface area (Å²) in [6.45, 7) is 19.6. The van der Waals surface area contributed by atoms with Crippen molar-refractivity contribution in [2.45, 2.75) is 67.5 Å². The third-order valence-electron chi connectivity index (χ3n) is 7.78. The van der Waals surface area contributed by atoms with Gasteiger partial charge in [0.15, 0.2) is 0 Å². The molecule has 0 N–H and O–H groups in total. The van der Waals surface area contributed by atoms with E-state index in [0.29, 0.717) is 11.8 Å². The fraction of sp³-hybridized carbons (Fsp3) is 0.375.